The summed E-state index contributed by atoms with van der Waals surface area (Å²) in [6.45, 7) is 2.35. The number of aliphatic hydroxyl groups excluding tert-OH is 1. The van der Waals surface area contributed by atoms with Gasteiger partial charge in [-0.25, -0.2) is 12.8 Å². The Morgan fingerprint density at radius 1 is 1.40 bits per heavy atom. The fourth-order valence-electron chi connectivity index (χ4n) is 2.29. The Morgan fingerprint density at radius 3 is 2.55 bits per heavy atom. The molecule has 112 valence electrons. The van der Waals surface area contributed by atoms with Crippen LogP contribution in [0.25, 0.3) is 0 Å². The summed E-state index contributed by atoms with van der Waals surface area (Å²) in [6.07, 6.45) is 1.56. The van der Waals surface area contributed by atoms with Crippen LogP contribution in [0, 0.1) is 11.7 Å². The molecule has 20 heavy (non-hydrogen) atoms. The summed E-state index contributed by atoms with van der Waals surface area (Å²) < 4.78 is 41.0. The SMILES string of the molecule is CC1CCN(S(=O)(=O)c2cc(Br)cc(CO)c2F)CC1. The number of nitrogens with zero attached hydrogens (tertiary/aromatic N) is 1. The van der Waals surface area contributed by atoms with E-state index >= 15 is 0 Å². The van der Waals surface area contributed by atoms with Gasteiger partial charge in [0.1, 0.15) is 10.7 Å². The predicted molar refractivity (Wildman–Crippen MR) is 77.2 cm³/mol. The minimum Gasteiger partial charge on any atom is -0.392 e. The fraction of sp³-hybridized carbons (Fsp3) is 0.538. The first kappa shape index (κ1) is 15.9. The van der Waals surface area contributed by atoms with E-state index in [4.69, 9.17) is 5.11 Å². The molecule has 1 saturated heterocycles. The first-order chi connectivity index (χ1) is 9.36. The van der Waals surface area contributed by atoms with E-state index in [2.05, 4.69) is 22.9 Å². The van der Waals surface area contributed by atoms with Gasteiger partial charge in [-0.2, -0.15) is 4.31 Å². The van der Waals surface area contributed by atoms with Crippen LogP contribution in [0.5, 0.6) is 0 Å². The van der Waals surface area contributed by atoms with E-state index < -0.39 is 22.4 Å². The Labute approximate surface area is 126 Å². The van der Waals surface area contributed by atoms with E-state index in [0.717, 1.165) is 12.8 Å². The molecular weight excluding hydrogens is 349 g/mol. The standard InChI is InChI=1S/C13H17BrFNO3S/c1-9-2-4-16(5-3-9)20(18,19)12-7-11(14)6-10(8-17)13(12)15/h6-7,9,17H,2-5,8H2,1H3. The Balaban J connectivity index is 2.42. The van der Waals surface area contributed by atoms with Gasteiger partial charge in [-0.05, 0) is 30.9 Å². The normalized spacial score (nSPS) is 18.4. The van der Waals surface area contributed by atoms with E-state index in [1.54, 1.807) is 0 Å². The minimum absolute atomic E-state index is 0.0247. The van der Waals surface area contributed by atoms with Crippen molar-refractivity contribution in [1.29, 1.82) is 0 Å². The summed E-state index contributed by atoms with van der Waals surface area (Å²) in [6, 6.07) is 2.63. The lowest BCUT2D eigenvalue weighted by Crippen LogP contribution is -2.38. The Kier molecular flexibility index (Phi) is 4.84. The monoisotopic (exact) mass is 365 g/mol. The summed E-state index contributed by atoms with van der Waals surface area (Å²) in [5, 5.41) is 9.11. The molecule has 0 saturated carbocycles. The van der Waals surface area contributed by atoms with Crippen LogP contribution in [0.1, 0.15) is 25.3 Å². The van der Waals surface area contributed by atoms with Crippen LogP contribution in [0.4, 0.5) is 4.39 Å². The number of piperidine rings is 1. The maximum atomic E-state index is 14.2. The Hall–Kier alpha value is -0.500. The summed E-state index contributed by atoms with van der Waals surface area (Å²) in [5.74, 6) is -0.379. The fourth-order valence-corrected chi connectivity index (χ4v) is 4.55. The van der Waals surface area contributed by atoms with E-state index in [9.17, 15) is 12.8 Å². The van der Waals surface area contributed by atoms with Gasteiger partial charge in [-0.1, -0.05) is 22.9 Å². The Bertz CT molecular complexity index is 598. The highest BCUT2D eigenvalue weighted by atomic mass is 79.9. The van der Waals surface area contributed by atoms with Crippen LogP contribution in [-0.4, -0.2) is 30.9 Å². The molecule has 1 N–H and O–H groups in total. The van der Waals surface area contributed by atoms with E-state index in [1.807, 2.05) is 0 Å². The molecule has 0 amide bonds. The van der Waals surface area contributed by atoms with Gasteiger partial charge in [0, 0.05) is 23.1 Å². The Morgan fingerprint density at radius 2 is 2.00 bits per heavy atom. The van der Waals surface area contributed by atoms with Crippen LogP contribution < -0.4 is 0 Å². The zero-order valence-electron chi connectivity index (χ0n) is 11.1. The molecule has 0 aliphatic carbocycles. The summed E-state index contributed by atoms with van der Waals surface area (Å²) in [7, 11) is -3.85. The molecule has 1 aromatic rings. The second-order valence-electron chi connectivity index (χ2n) is 5.12. The lowest BCUT2D eigenvalue weighted by atomic mass is 10.0. The van der Waals surface area contributed by atoms with Gasteiger partial charge >= 0.3 is 0 Å². The molecule has 1 aliphatic rings. The highest BCUT2D eigenvalue weighted by molar-refractivity contribution is 9.10. The van der Waals surface area contributed by atoms with Crippen molar-refractivity contribution in [2.24, 2.45) is 5.92 Å². The summed E-state index contributed by atoms with van der Waals surface area (Å²) >= 11 is 3.15. The molecule has 0 radical (unpaired) electrons. The van der Waals surface area contributed by atoms with Gasteiger partial charge in [-0.15, -0.1) is 0 Å². The smallest absolute Gasteiger partial charge is 0.246 e. The number of sulfonamides is 1. The highest BCUT2D eigenvalue weighted by Gasteiger charge is 2.31. The number of halogens is 2. The maximum absolute atomic E-state index is 14.2. The van der Waals surface area contributed by atoms with Gasteiger partial charge in [0.25, 0.3) is 0 Å². The summed E-state index contributed by atoms with van der Waals surface area (Å²) in [4.78, 5) is -0.370. The van der Waals surface area contributed by atoms with Crippen LogP contribution in [0.3, 0.4) is 0 Å². The highest BCUT2D eigenvalue weighted by Crippen LogP contribution is 2.29. The molecule has 1 aliphatic heterocycles. The third-order valence-electron chi connectivity index (χ3n) is 3.61. The van der Waals surface area contributed by atoms with Gasteiger partial charge in [0.15, 0.2) is 0 Å². The maximum Gasteiger partial charge on any atom is 0.246 e. The zero-order chi connectivity index (χ0) is 14.9. The number of benzene rings is 1. The second-order valence-corrected chi connectivity index (χ2v) is 7.94. The van der Waals surface area contributed by atoms with Crippen molar-refractivity contribution in [2.45, 2.75) is 31.3 Å². The van der Waals surface area contributed by atoms with Crippen molar-refractivity contribution in [3.63, 3.8) is 0 Å². The van der Waals surface area contributed by atoms with Crippen molar-refractivity contribution < 1.29 is 17.9 Å². The topological polar surface area (TPSA) is 57.6 Å². The first-order valence-corrected chi connectivity index (χ1v) is 8.68. The van der Waals surface area contributed by atoms with Crippen molar-refractivity contribution in [1.82, 2.24) is 4.31 Å². The van der Waals surface area contributed by atoms with Gasteiger partial charge in [0.05, 0.1) is 6.61 Å². The van der Waals surface area contributed by atoms with Gasteiger partial charge in [-0.3, -0.25) is 0 Å². The zero-order valence-corrected chi connectivity index (χ0v) is 13.5. The number of aliphatic hydroxyl groups is 1. The quantitative estimate of drug-likeness (QED) is 0.894. The third kappa shape index (κ3) is 3.05. The van der Waals surface area contributed by atoms with E-state index in [-0.39, 0.29) is 10.5 Å². The molecule has 4 nitrogen and oxygen atoms in total. The molecule has 0 spiro atoms. The van der Waals surface area contributed by atoms with E-state index in [0.29, 0.717) is 23.5 Å². The van der Waals surface area contributed by atoms with Crippen molar-refractivity contribution in [3.05, 3.63) is 28.0 Å². The molecule has 7 heteroatoms. The average molecular weight is 366 g/mol. The third-order valence-corrected chi connectivity index (χ3v) is 5.97. The van der Waals surface area contributed by atoms with Crippen LogP contribution in [0.2, 0.25) is 0 Å². The van der Waals surface area contributed by atoms with Crippen LogP contribution in [-0.2, 0) is 16.6 Å². The van der Waals surface area contributed by atoms with Crippen molar-refractivity contribution in [2.75, 3.05) is 13.1 Å². The number of hydrogen-bond acceptors (Lipinski definition) is 3. The average Bonchev–Trinajstić information content (AvgIpc) is 2.41. The second kappa shape index (κ2) is 6.09. The molecule has 1 fully saturated rings. The first-order valence-electron chi connectivity index (χ1n) is 6.45. The molecule has 2 rings (SSSR count). The van der Waals surface area contributed by atoms with Crippen molar-refractivity contribution in [3.8, 4) is 0 Å². The molecule has 0 aromatic heterocycles. The van der Waals surface area contributed by atoms with E-state index in [1.165, 1.54) is 16.4 Å². The number of hydrogen-bond donors (Lipinski definition) is 1. The lowest BCUT2D eigenvalue weighted by Gasteiger charge is -2.29. The van der Waals surface area contributed by atoms with Gasteiger partial charge < -0.3 is 5.11 Å². The number of rotatable bonds is 3. The lowest BCUT2D eigenvalue weighted by molar-refractivity contribution is 0.273. The predicted octanol–water partition coefficient (Wildman–Crippen LogP) is 2.50. The summed E-state index contributed by atoms with van der Waals surface area (Å²) in [5.41, 5.74) is -0.0247. The largest absolute Gasteiger partial charge is 0.392 e. The molecule has 0 atom stereocenters. The molecule has 0 unspecified atom stereocenters. The van der Waals surface area contributed by atoms with Crippen LogP contribution >= 0.6 is 15.9 Å². The molecular formula is C13H17BrFNO3S. The molecule has 0 bridgehead atoms. The van der Waals surface area contributed by atoms with Crippen LogP contribution in [0.15, 0.2) is 21.5 Å². The molecule has 1 aromatic carbocycles. The molecule has 1 heterocycles. The van der Waals surface area contributed by atoms with Gasteiger partial charge in [0.2, 0.25) is 10.0 Å². The minimum atomic E-state index is -3.85. The van der Waals surface area contributed by atoms with Crippen molar-refractivity contribution >= 4 is 26.0 Å².